The van der Waals surface area contributed by atoms with Crippen LogP contribution in [0.25, 0.3) is 11.5 Å². The number of carbonyl (C=O) groups is 2. The Kier molecular flexibility index (Phi) is 7.07. The number of rotatable bonds is 7. The number of oxazole rings is 1. The maximum Gasteiger partial charge on any atom is 0.239 e. The molecule has 3 rings (SSSR count). The maximum atomic E-state index is 12.3. The van der Waals surface area contributed by atoms with Crippen molar-refractivity contribution in [3.8, 4) is 11.5 Å². The van der Waals surface area contributed by atoms with Crippen LogP contribution in [0.1, 0.15) is 68.9 Å². The molecule has 6 nitrogen and oxygen atoms in total. The Morgan fingerprint density at radius 3 is 2.45 bits per heavy atom. The highest BCUT2D eigenvalue weighted by molar-refractivity contribution is 5.85. The molecule has 0 aliphatic heterocycles. The predicted molar refractivity (Wildman–Crippen MR) is 112 cm³/mol. The normalized spacial score (nSPS) is 14.8. The summed E-state index contributed by atoms with van der Waals surface area (Å²) in [4.78, 5) is 28.8. The molecular weight excluding hydrogens is 366 g/mol. The summed E-state index contributed by atoms with van der Waals surface area (Å²) in [5.41, 5.74) is 2.73. The molecule has 0 saturated heterocycles. The van der Waals surface area contributed by atoms with E-state index >= 15 is 0 Å². The van der Waals surface area contributed by atoms with Gasteiger partial charge < -0.3 is 15.1 Å². The highest BCUT2D eigenvalue weighted by Gasteiger charge is 2.18. The lowest BCUT2D eigenvalue weighted by Crippen LogP contribution is -2.43. The van der Waals surface area contributed by atoms with Crippen LogP contribution in [0, 0.1) is 6.92 Å². The number of benzene rings is 1. The Labute approximate surface area is 172 Å². The third kappa shape index (κ3) is 5.92. The molecule has 0 atom stereocenters. The van der Waals surface area contributed by atoms with Crippen molar-refractivity contribution < 1.29 is 14.0 Å². The number of aryl methyl sites for hydroxylation is 1. The molecule has 1 aliphatic carbocycles. The Hall–Kier alpha value is -2.63. The number of nitrogens with one attached hydrogen (secondary N) is 2. The predicted octanol–water partition coefficient (Wildman–Crippen LogP) is 3.88. The average Bonchev–Trinajstić information content (AvgIpc) is 3.07. The Bertz CT molecular complexity index is 834. The third-order valence-corrected chi connectivity index (χ3v) is 5.46. The molecule has 1 aromatic heterocycles. The minimum Gasteiger partial charge on any atom is -0.441 e. The first-order chi connectivity index (χ1) is 13.9. The highest BCUT2D eigenvalue weighted by atomic mass is 16.4. The lowest BCUT2D eigenvalue weighted by Gasteiger charge is -2.22. The molecule has 2 N–H and O–H groups in total. The van der Waals surface area contributed by atoms with Crippen molar-refractivity contribution in [2.45, 2.75) is 71.3 Å². The van der Waals surface area contributed by atoms with Crippen molar-refractivity contribution in [1.29, 1.82) is 0 Å². The second kappa shape index (κ2) is 9.72. The molecule has 1 heterocycles. The van der Waals surface area contributed by atoms with E-state index in [-0.39, 0.29) is 30.8 Å². The van der Waals surface area contributed by atoms with Crippen molar-refractivity contribution in [2.24, 2.45) is 0 Å². The molecule has 1 aromatic carbocycles. The average molecular weight is 398 g/mol. The molecule has 0 unspecified atom stereocenters. The summed E-state index contributed by atoms with van der Waals surface area (Å²) in [5.74, 6) is 1.23. The van der Waals surface area contributed by atoms with Gasteiger partial charge >= 0.3 is 0 Å². The van der Waals surface area contributed by atoms with Gasteiger partial charge in [0.2, 0.25) is 17.7 Å². The molecule has 2 amide bonds. The second-order valence-corrected chi connectivity index (χ2v) is 8.15. The first-order valence-corrected chi connectivity index (χ1v) is 10.5. The lowest BCUT2D eigenvalue weighted by molar-refractivity contribution is -0.126. The van der Waals surface area contributed by atoms with Gasteiger partial charge in [-0.1, -0.05) is 45.2 Å². The van der Waals surface area contributed by atoms with E-state index in [9.17, 15) is 9.59 Å². The summed E-state index contributed by atoms with van der Waals surface area (Å²) in [6.07, 6.45) is 5.70. The van der Waals surface area contributed by atoms with E-state index in [2.05, 4.69) is 41.6 Å². The van der Waals surface area contributed by atoms with E-state index in [0.717, 1.165) is 31.2 Å². The Balaban J connectivity index is 1.52. The molecular formula is C23H31N3O3. The van der Waals surface area contributed by atoms with Gasteiger partial charge in [0.15, 0.2) is 0 Å². The molecule has 2 aromatic rings. The van der Waals surface area contributed by atoms with Crippen LogP contribution in [-0.4, -0.2) is 29.4 Å². The molecule has 29 heavy (non-hydrogen) atoms. The van der Waals surface area contributed by atoms with Crippen LogP contribution in [0.3, 0.4) is 0 Å². The van der Waals surface area contributed by atoms with Crippen molar-refractivity contribution in [3.63, 3.8) is 0 Å². The van der Waals surface area contributed by atoms with Crippen LogP contribution >= 0.6 is 0 Å². The van der Waals surface area contributed by atoms with Crippen LogP contribution in [0.4, 0.5) is 0 Å². The summed E-state index contributed by atoms with van der Waals surface area (Å²) in [5, 5.41) is 5.68. The van der Waals surface area contributed by atoms with Crippen molar-refractivity contribution in [1.82, 2.24) is 15.6 Å². The zero-order valence-corrected chi connectivity index (χ0v) is 17.6. The van der Waals surface area contributed by atoms with Crippen LogP contribution in [0.15, 0.2) is 28.7 Å². The number of hydrogen-bond acceptors (Lipinski definition) is 4. The minimum absolute atomic E-state index is 0.00421. The quantitative estimate of drug-likeness (QED) is 0.743. The smallest absolute Gasteiger partial charge is 0.239 e. The monoisotopic (exact) mass is 397 g/mol. The number of nitrogens with zero attached hydrogens (tertiary/aromatic N) is 1. The fraction of sp³-hybridized carbons (Fsp3) is 0.522. The van der Waals surface area contributed by atoms with Crippen molar-refractivity contribution in [2.75, 3.05) is 6.54 Å². The van der Waals surface area contributed by atoms with E-state index < -0.39 is 0 Å². The topological polar surface area (TPSA) is 84.2 Å². The van der Waals surface area contributed by atoms with Gasteiger partial charge in [-0.05, 0) is 43.4 Å². The summed E-state index contributed by atoms with van der Waals surface area (Å²) in [6, 6.07) is 8.35. The highest BCUT2D eigenvalue weighted by Crippen LogP contribution is 2.24. The van der Waals surface area contributed by atoms with Crippen molar-refractivity contribution in [3.05, 3.63) is 41.3 Å². The minimum atomic E-state index is -0.234. The van der Waals surface area contributed by atoms with E-state index in [0.29, 0.717) is 23.3 Å². The van der Waals surface area contributed by atoms with Gasteiger partial charge in [-0.25, -0.2) is 4.98 Å². The summed E-state index contributed by atoms with van der Waals surface area (Å²) >= 11 is 0. The van der Waals surface area contributed by atoms with Gasteiger partial charge in [0, 0.05) is 11.6 Å². The van der Waals surface area contributed by atoms with Crippen molar-refractivity contribution >= 4 is 11.8 Å². The number of amides is 2. The Morgan fingerprint density at radius 2 is 1.79 bits per heavy atom. The molecule has 1 aliphatic rings. The molecule has 1 fully saturated rings. The number of aromatic nitrogens is 1. The van der Waals surface area contributed by atoms with Crippen LogP contribution in [0.2, 0.25) is 0 Å². The molecule has 0 spiro atoms. The zero-order valence-electron chi connectivity index (χ0n) is 17.6. The summed E-state index contributed by atoms with van der Waals surface area (Å²) in [6.45, 7) is 6.10. The number of hydrogen-bond donors (Lipinski definition) is 2. The molecule has 0 radical (unpaired) electrons. The van der Waals surface area contributed by atoms with E-state index in [4.69, 9.17) is 4.42 Å². The third-order valence-electron chi connectivity index (χ3n) is 5.46. The maximum absolute atomic E-state index is 12.3. The largest absolute Gasteiger partial charge is 0.441 e. The van der Waals surface area contributed by atoms with Gasteiger partial charge in [-0.2, -0.15) is 0 Å². The van der Waals surface area contributed by atoms with Gasteiger partial charge in [0.05, 0.1) is 18.7 Å². The van der Waals surface area contributed by atoms with E-state index in [1.165, 1.54) is 12.0 Å². The fourth-order valence-corrected chi connectivity index (χ4v) is 3.65. The standard InChI is InChI=1S/C23H31N3O3/c1-15(2)17-9-11-18(12-10-17)23-26-20(16(3)29-23)13-21(27)24-14-22(28)25-19-7-5-4-6-8-19/h9-12,15,19H,4-8,13-14H2,1-3H3,(H,24,27)(H,25,28). The van der Waals surface area contributed by atoms with Gasteiger partial charge in [-0.3, -0.25) is 9.59 Å². The van der Waals surface area contributed by atoms with E-state index in [1.807, 2.05) is 12.1 Å². The molecule has 156 valence electrons. The van der Waals surface area contributed by atoms with Crippen LogP contribution < -0.4 is 10.6 Å². The zero-order chi connectivity index (χ0) is 20.8. The first-order valence-electron chi connectivity index (χ1n) is 10.5. The summed E-state index contributed by atoms with van der Waals surface area (Å²) < 4.78 is 5.76. The Morgan fingerprint density at radius 1 is 1.10 bits per heavy atom. The number of carbonyl (C=O) groups excluding carboxylic acids is 2. The van der Waals surface area contributed by atoms with Gasteiger partial charge in [0.1, 0.15) is 5.76 Å². The molecule has 0 bridgehead atoms. The lowest BCUT2D eigenvalue weighted by atomic mass is 9.95. The summed E-state index contributed by atoms with van der Waals surface area (Å²) in [7, 11) is 0. The molecule has 6 heteroatoms. The van der Waals surface area contributed by atoms with Crippen LogP contribution in [-0.2, 0) is 16.0 Å². The fourth-order valence-electron chi connectivity index (χ4n) is 3.65. The second-order valence-electron chi connectivity index (χ2n) is 8.15. The van der Waals surface area contributed by atoms with Gasteiger partial charge in [0.25, 0.3) is 0 Å². The van der Waals surface area contributed by atoms with E-state index in [1.54, 1.807) is 6.92 Å². The molecule has 1 saturated carbocycles. The first kappa shape index (κ1) is 21.1. The SMILES string of the molecule is Cc1oc(-c2ccc(C(C)C)cc2)nc1CC(=O)NCC(=O)NC1CCCCC1. The van der Waals surface area contributed by atoms with Gasteiger partial charge in [-0.15, -0.1) is 0 Å². The van der Waals surface area contributed by atoms with Crippen LogP contribution in [0.5, 0.6) is 0 Å².